The number of rotatable bonds is 4. The van der Waals surface area contributed by atoms with Gasteiger partial charge in [-0.05, 0) is 29.5 Å². The van der Waals surface area contributed by atoms with Gasteiger partial charge in [0.1, 0.15) is 5.69 Å². The van der Waals surface area contributed by atoms with E-state index in [4.69, 9.17) is 0 Å². The van der Waals surface area contributed by atoms with Crippen LogP contribution >= 0.6 is 0 Å². The Hall–Kier alpha value is -3.99. The number of nitrogens with one attached hydrogen (secondary N) is 1. The Morgan fingerprint density at radius 3 is 2.39 bits per heavy atom. The third kappa shape index (κ3) is 3.44. The number of pyridine rings is 2. The van der Waals surface area contributed by atoms with Crippen LogP contribution in [0.5, 0.6) is 0 Å². The number of nitrogens with zero attached hydrogens (tertiary/aromatic N) is 6. The third-order valence-electron chi connectivity index (χ3n) is 4.81. The van der Waals surface area contributed by atoms with Gasteiger partial charge in [-0.3, -0.25) is 9.38 Å². The fourth-order valence-corrected chi connectivity index (χ4v) is 3.89. The molecule has 154 valence electrons. The molecule has 0 fully saturated rings. The summed E-state index contributed by atoms with van der Waals surface area (Å²) in [4.78, 5) is 8.71. The van der Waals surface area contributed by atoms with Gasteiger partial charge in [-0.1, -0.05) is 18.2 Å². The van der Waals surface area contributed by atoms with E-state index in [1.165, 1.54) is 18.2 Å². The van der Waals surface area contributed by atoms with Gasteiger partial charge in [-0.2, -0.15) is 5.21 Å². The second kappa shape index (κ2) is 7.06. The summed E-state index contributed by atoms with van der Waals surface area (Å²) in [5.41, 5.74) is 3.34. The summed E-state index contributed by atoms with van der Waals surface area (Å²) in [6.45, 7) is 0. The minimum absolute atomic E-state index is 0.169. The summed E-state index contributed by atoms with van der Waals surface area (Å²) in [5.74, 6) is -0.124. The van der Waals surface area contributed by atoms with Gasteiger partial charge < -0.3 is 0 Å². The quantitative estimate of drug-likeness (QED) is 0.461. The fraction of sp³-hybridized carbons (Fsp3) is 0.0500. The number of benzene rings is 1. The van der Waals surface area contributed by atoms with Crippen molar-refractivity contribution >= 4 is 15.5 Å². The molecular weight excluding hydrogens is 421 g/mol. The molecule has 11 heteroatoms. The van der Waals surface area contributed by atoms with Crippen molar-refractivity contribution in [2.45, 2.75) is 4.90 Å². The number of sulfone groups is 1. The van der Waals surface area contributed by atoms with Crippen LogP contribution in [0.15, 0.2) is 66.0 Å². The van der Waals surface area contributed by atoms with E-state index < -0.39 is 15.7 Å². The summed E-state index contributed by atoms with van der Waals surface area (Å²) < 4.78 is 39.8. The first kappa shape index (κ1) is 19.0. The van der Waals surface area contributed by atoms with Crippen LogP contribution in [0.4, 0.5) is 4.39 Å². The van der Waals surface area contributed by atoms with E-state index in [0.717, 1.165) is 6.26 Å². The Balaban J connectivity index is 1.57. The van der Waals surface area contributed by atoms with Gasteiger partial charge in [0.15, 0.2) is 21.3 Å². The first-order chi connectivity index (χ1) is 14.9. The molecule has 4 aromatic heterocycles. The molecule has 0 aliphatic carbocycles. The highest BCUT2D eigenvalue weighted by atomic mass is 32.2. The molecule has 0 spiro atoms. The zero-order chi connectivity index (χ0) is 21.6. The monoisotopic (exact) mass is 435 g/mol. The first-order valence-electron chi connectivity index (χ1n) is 9.07. The van der Waals surface area contributed by atoms with Crippen LogP contribution in [0.1, 0.15) is 0 Å². The van der Waals surface area contributed by atoms with Gasteiger partial charge in [0.2, 0.25) is 5.82 Å². The molecule has 4 heterocycles. The van der Waals surface area contributed by atoms with Crippen LogP contribution in [0.2, 0.25) is 0 Å². The van der Waals surface area contributed by atoms with Crippen molar-refractivity contribution in [2.24, 2.45) is 0 Å². The molecular formula is C20H14FN7O2S. The van der Waals surface area contributed by atoms with Crippen LogP contribution in [-0.2, 0) is 9.84 Å². The Labute approximate surface area is 175 Å². The van der Waals surface area contributed by atoms with Gasteiger partial charge in [0.05, 0.1) is 16.8 Å². The average Bonchev–Trinajstić information content (AvgIpc) is 3.44. The molecule has 0 radical (unpaired) electrons. The Morgan fingerprint density at radius 2 is 1.74 bits per heavy atom. The smallest absolute Gasteiger partial charge is 0.222 e. The second-order valence-corrected chi connectivity index (χ2v) is 8.89. The highest BCUT2D eigenvalue weighted by Crippen LogP contribution is 2.28. The predicted octanol–water partition coefficient (Wildman–Crippen LogP) is 2.79. The molecule has 1 N–H and O–H groups in total. The number of aromatic amines is 1. The number of aromatic nitrogens is 7. The van der Waals surface area contributed by atoms with E-state index in [2.05, 4.69) is 30.6 Å². The molecule has 0 saturated carbocycles. The van der Waals surface area contributed by atoms with Crippen molar-refractivity contribution in [1.82, 2.24) is 35.0 Å². The lowest BCUT2D eigenvalue weighted by Crippen LogP contribution is -1.97. The molecule has 0 aliphatic rings. The van der Waals surface area contributed by atoms with E-state index >= 15 is 0 Å². The Morgan fingerprint density at radius 1 is 0.968 bits per heavy atom. The normalized spacial score (nSPS) is 11.8. The van der Waals surface area contributed by atoms with E-state index in [-0.39, 0.29) is 10.5 Å². The lowest BCUT2D eigenvalue weighted by Gasteiger charge is -2.08. The molecule has 0 saturated heterocycles. The molecule has 1 aromatic carbocycles. The molecule has 0 atom stereocenters. The number of tetrazole rings is 1. The van der Waals surface area contributed by atoms with Gasteiger partial charge in [0.25, 0.3) is 0 Å². The maximum Gasteiger partial charge on any atom is 0.222 e. The van der Waals surface area contributed by atoms with E-state index in [1.54, 1.807) is 47.3 Å². The second-order valence-electron chi connectivity index (χ2n) is 6.88. The van der Waals surface area contributed by atoms with Crippen LogP contribution in [0, 0.1) is 5.82 Å². The summed E-state index contributed by atoms with van der Waals surface area (Å²) in [6, 6.07) is 11.3. The number of halogens is 1. The van der Waals surface area contributed by atoms with Crippen molar-refractivity contribution in [2.75, 3.05) is 6.26 Å². The van der Waals surface area contributed by atoms with Crippen molar-refractivity contribution in [3.05, 3.63) is 66.9 Å². The number of hydrogen-bond acceptors (Lipinski definition) is 7. The maximum absolute atomic E-state index is 14.8. The lowest BCUT2D eigenvalue weighted by atomic mass is 10.1. The van der Waals surface area contributed by atoms with Crippen molar-refractivity contribution in [3.63, 3.8) is 0 Å². The lowest BCUT2D eigenvalue weighted by molar-refractivity contribution is 0.602. The fourth-order valence-electron chi connectivity index (χ4n) is 3.26. The average molecular weight is 435 g/mol. The largest absolute Gasteiger partial charge is 0.297 e. The highest BCUT2D eigenvalue weighted by Gasteiger charge is 2.14. The van der Waals surface area contributed by atoms with Gasteiger partial charge >= 0.3 is 0 Å². The van der Waals surface area contributed by atoms with E-state index in [1.807, 2.05) is 0 Å². The molecule has 0 amide bonds. The number of hydrogen-bond donors (Lipinski definition) is 1. The summed E-state index contributed by atoms with van der Waals surface area (Å²) >= 11 is 0. The van der Waals surface area contributed by atoms with Gasteiger partial charge in [0, 0.05) is 35.3 Å². The third-order valence-corrected chi connectivity index (χ3v) is 5.94. The SMILES string of the molecule is CS(=O)(=O)c1ccc(-c2cnc3c(F)cc(-c4ccc(-c5nn[nH]n5)nc4)cn23)cc1. The topological polar surface area (TPSA) is 119 Å². The minimum atomic E-state index is -3.30. The molecule has 0 bridgehead atoms. The molecule has 5 rings (SSSR count). The number of H-pyrrole nitrogens is 1. The Kier molecular flexibility index (Phi) is 4.33. The maximum atomic E-state index is 14.8. The standard InChI is InChI=1S/C20H14FN7O2S/c1-31(29,30)15-5-2-12(3-6-15)18-10-23-20-16(21)8-14(11-28(18)20)13-4-7-17(22-9-13)19-24-26-27-25-19/h2-11H,1H3,(H,24,25,26,27). The van der Waals surface area contributed by atoms with Gasteiger partial charge in [-0.15, -0.1) is 10.2 Å². The zero-order valence-electron chi connectivity index (χ0n) is 16.1. The Bertz CT molecular complexity index is 1490. The zero-order valence-corrected chi connectivity index (χ0v) is 16.9. The summed E-state index contributed by atoms with van der Waals surface area (Å²) in [5, 5.41) is 13.6. The van der Waals surface area contributed by atoms with Crippen LogP contribution in [-0.4, -0.2) is 49.7 Å². The highest BCUT2D eigenvalue weighted by molar-refractivity contribution is 7.90. The summed E-state index contributed by atoms with van der Waals surface area (Å²) in [6.07, 6.45) is 6.06. The van der Waals surface area contributed by atoms with Crippen LogP contribution in [0.3, 0.4) is 0 Å². The van der Waals surface area contributed by atoms with Crippen molar-refractivity contribution < 1.29 is 12.8 Å². The predicted molar refractivity (Wildman–Crippen MR) is 110 cm³/mol. The van der Waals surface area contributed by atoms with Gasteiger partial charge in [-0.25, -0.2) is 17.8 Å². The molecule has 0 aliphatic heterocycles. The molecule has 5 aromatic rings. The van der Waals surface area contributed by atoms with Crippen LogP contribution < -0.4 is 0 Å². The first-order valence-corrected chi connectivity index (χ1v) is 11.0. The molecule has 31 heavy (non-hydrogen) atoms. The number of fused-ring (bicyclic) bond motifs is 1. The van der Waals surface area contributed by atoms with Crippen molar-refractivity contribution in [3.8, 4) is 33.9 Å². The molecule has 0 unspecified atom stereocenters. The summed E-state index contributed by atoms with van der Waals surface area (Å²) in [7, 11) is -3.30. The van der Waals surface area contributed by atoms with E-state index in [9.17, 15) is 12.8 Å². The van der Waals surface area contributed by atoms with E-state index in [0.29, 0.717) is 33.9 Å². The van der Waals surface area contributed by atoms with Crippen molar-refractivity contribution in [1.29, 1.82) is 0 Å². The number of imidazole rings is 1. The van der Waals surface area contributed by atoms with Crippen LogP contribution in [0.25, 0.3) is 39.5 Å². The minimum Gasteiger partial charge on any atom is -0.297 e. The molecule has 9 nitrogen and oxygen atoms in total.